The Kier molecular flexibility index (Phi) is 5.67. The van der Waals surface area contributed by atoms with E-state index in [9.17, 15) is 4.79 Å². The highest BCUT2D eigenvalue weighted by Gasteiger charge is 2.29. The molecule has 6 heteroatoms. The molecule has 28 heavy (non-hydrogen) atoms. The van der Waals surface area contributed by atoms with E-state index in [4.69, 9.17) is 14.2 Å². The van der Waals surface area contributed by atoms with Crippen LogP contribution >= 0.6 is 0 Å². The van der Waals surface area contributed by atoms with Crippen LogP contribution in [-0.2, 0) is 4.79 Å². The molecule has 1 atom stereocenters. The average molecular weight is 382 g/mol. The Bertz CT molecular complexity index is 839. The molecule has 0 saturated carbocycles. The number of hydrogen-bond acceptors (Lipinski definition) is 5. The van der Waals surface area contributed by atoms with Crippen molar-refractivity contribution in [3.63, 3.8) is 0 Å². The molecule has 1 amide bonds. The normalized spacial score (nSPS) is 18.7. The second-order valence-electron chi connectivity index (χ2n) is 7.01. The fourth-order valence-electron chi connectivity index (χ4n) is 3.89. The number of amides is 1. The predicted molar refractivity (Wildman–Crippen MR) is 107 cm³/mol. The van der Waals surface area contributed by atoms with Crippen molar-refractivity contribution in [2.45, 2.75) is 25.8 Å². The zero-order valence-electron chi connectivity index (χ0n) is 16.1. The summed E-state index contributed by atoms with van der Waals surface area (Å²) in [6.07, 6.45) is 2.10. The Morgan fingerprint density at radius 3 is 2.86 bits per heavy atom. The van der Waals surface area contributed by atoms with Gasteiger partial charge in [-0.2, -0.15) is 0 Å². The fraction of sp³-hybridized carbons (Fsp3) is 0.409. The van der Waals surface area contributed by atoms with Gasteiger partial charge in [-0.25, -0.2) is 0 Å². The molecule has 1 fully saturated rings. The first-order chi connectivity index (χ1) is 13.7. The molecular formula is C22H26N2O4. The quantitative estimate of drug-likeness (QED) is 0.827. The fourth-order valence-corrected chi connectivity index (χ4v) is 3.89. The van der Waals surface area contributed by atoms with Crippen LogP contribution in [0.1, 0.15) is 31.4 Å². The van der Waals surface area contributed by atoms with Crippen molar-refractivity contribution < 1.29 is 19.0 Å². The van der Waals surface area contributed by atoms with Crippen molar-refractivity contribution >= 4 is 11.6 Å². The molecule has 2 aliphatic heterocycles. The third-order valence-corrected chi connectivity index (χ3v) is 5.12. The second-order valence-corrected chi connectivity index (χ2v) is 7.01. The molecule has 0 unspecified atom stereocenters. The SMILES string of the molecule is CCOc1ccccc1NC(=O)CN1CCC[C@@H]1c1ccc2c(c1)OCCO2. The summed E-state index contributed by atoms with van der Waals surface area (Å²) >= 11 is 0. The van der Waals surface area contributed by atoms with E-state index in [2.05, 4.69) is 22.3 Å². The number of anilines is 1. The number of nitrogens with one attached hydrogen (secondary N) is 1. The van der Waals surface area contributed by atoms with Crippen molar-refractivity contribution in [3.05, 3.63) is 48.0 Å². The molecule has 0 aliphatic carbocycles. The first kappa shape index (κ1) is 18.6. The molecule has 0 spiro atoms. The molecule has 2 aliphatic rings. The molecule has 0 aromatic heterocycles. The predicted octanol–water partition coefficient (Wildman–Crippen LogP) is 3.63. The van der Waals surface area contributed by atoms with Gasteiger partial charge < -0.3 is 19.5 Å². The van der Waals surface area contributed by atoms with Crippen molar-refractivity contribution in [3.8, 4) is 17.2 Å². The van der Waals surface area contributed by atoms with Gasteiger partial charge in [-0.05, 0) is 56.1 Å². The summed E-state index contributed by atoms with van der Waals surface area (Å²) < 4.78 is 16.9. The summed E-state index contributed by atoms with van der Waals surface area (Å²) in [5.41, 5.74) is 1.88. The van der Waals surface area contributed by atoms with Gasteiger partial charge in [0.05, 0.1) is 18.8 Å². The molecule has 4 rings (SSSR count). The monoisotopic (exact) mass is 382 g/mol. The van der Waals surface area contributed by atoms with Crippen LogP contribution in [0, 0.1) is 0 Å². The van der Waals surface area contributed by atoms with E-state index in [1.165, 1.54) is 5.56 Å². The number of ether oxygens (including phenoxy) is 3. The van der Waals surface area contributed by atoms with Crippen LogP contribution in [0.15, 0.2) is 42.5 Å². The first-order valence-corrected chi connectivity index (χ1v) is 9.90. The van der Waals surface area contributed by atoms with E-state index >= 15 is 0 Å². The lowest BCUT2D eigenvalue weighted by atomic mass is 10.0. The van der Waals surface area contributed by atoms with Crippen molar-refractivity contribution in [2.24, 2.45) is 0 Å². The van der Waals surface area contributed by atoms with Gasteiger partial charge in [0.1, 0.15) is 19.0 Å². The minimum absolute atomic E-state index is 0.0309. The van der Waals surface area contributed by atoms with Gasteiger partial charge in [0.25, 0.3) is 0 Å². The minimum atomic E-state index is -0.0309. The molecule has 0 bridgehead atoms. The van der Waals surface area contributed by atoms with E-state index in [-0.39, 0.29) is 11.9 Å². The summed E-state index contributed by atoms with van der Waals surface area (Å²) in [6.45, 7) is 4.91. The number of para-hydroxylation sites is 2. The summed E-state index contributed by atoms with van der Waals surface area (Å²) in [6, 6.07) is 13.9. The number of carbonyl (C=O) groups excluding carboxylic acids is 1. The maximum absolute atomic E-state index is 12.7. The second kappa shape index (κ2) is 8.52. The Balaban J connectivity index is 1.43. The maximum Gasteiger partial charge on any atom is 0.238 e. The number of hydrogen-bond donors (Lipinski definition) is 1. The number of fused-ring (bicyclic) bond motifs is 1. The number of rotatable bonds is 6. The molecule has 6 nitrogen and oxygen atoms in total. The summed E-state index contributed by atoms with van der Waals surface area (Å²) in [4.78, 5) is 14.9. The van der Waals surface area contributed by atoms with Gasteiger partial charge >= 0.3 is 0 Å². The highest BCUT2D eigenvalue weighted by Crippen LogP contribution is 2.38. The Labute approximate surface area is 165 Å². The van der Waals surface area contributed by atoms with E-state index in [1.807, 2.05) is 37.3 Å². The Morgan fingerprint density at radius 1 is 1.18 bits per heavy atom. The van der Waals surface area contributed by atoms with Gasteiger partial charge in [-0.1, -0.05) is 18.2 Å². The summed E-state index contributed by atoms with van der Waals surface area (Å²) in [5.74, 6) is 2.26. The van der Waals surface area contributed by atoms with Crippen molar-refractivity contribution in [1.29, 1.82) is 0 Å². The van der Waals surface area contributed by atoms with Crippen LogP contribution in [-0.4, -0.2) is 43.7 Å². The number of likely N-dealkylation sites (tertiary alicyclic amines) is 1. The summed E-state index contributed by atoms with van der Waals surface area (Å²) in [5, 5.41) is 2.99. The van der Waals surface area contributed by atoms with Crippen LogP contribution in [0.2, 0.25) is 0 Å². The molecule has 148 valence electrons. The number of benzene rings is 2. The van der Waals surface area contributed by atoms with Crippen molar-refractivity contribution in [2.75, 3.05) is 38.2 Å². The van der Waals surface area contributed by atoms with Crippen molar-refractivity contribution in [1.82, 2.24) is 4.90 Å². The smallest absolute Gasteiger partial charge is 0.238 e. The van der Waals surface area contributed by atoms with Gasteiger partial charge in [0.2, 0.25) is 5.91 Å². The molecule has 2 aromatic carbocycles. The Morgan fingerprint density at radius 2 is 2.00 bits per heavy atom. The van der Waals surface area contributed by atoms with Crippen LogP contribution in [0.4, 0.5) is 5.69 Å². The van der Waals surface area contributed by atoms with Crippen LogP contribution < -0.4 is 19.5 Å². The molecule has 2 aromatic rings. The zero-order chi connectivity index (χ0) is 19.3. The standard InChI is InChI=1S/C22H26N2O4/c1-2-26-19-8-4-3-6-17(19)23-22(25)15-24-11-5-7-18(24)16-9-10-20-21(14-16)28-13-12-27-20/h3-4,6,8-10,14,18H,2,5,7,11-13,15H2,1H3,(H,23,25)/t18-/m1/s1. The molecule has 1 N–H and O–H groups in total. The third-order valence-electron chi connectivity index (χ3n) is 5.12. The first-order valence-electron chi connectivity index (χ1n) is 9.90. The van der Waals surface area contributed by atoms with Crippen LogP contribution in [0.25, 0.3) is 0 Å². The third kappa shape index (κ3) is 4.07. The van der Waals surface area contributed by atoms with Gasteiger partial charge in [0, 0.05) is 6.04 Å². The maximum atomic E-state index is 12.7. The number of carbonyl (C=O) groups is 1. The largest absolute Gasteiger partial charge is 0.492 e. The van der Waals surface area contributed by atoms with E-state index in [0.717, 1.165) is 30.9 Å². The summed E-state index contributed by atoms with van der Waals surface area (Å²) in [7, 11) is 0. The van der Waals surface area contributed by atoms with E-state index < -0.39 is 0 Å². The highest BCUT2D eigenvalue weighted by molar-refractivity contribution is 5.93. The molecule has 2 heterocycles. The minimum Gasteiger partial charge on any atom is -0.492 e. The van der Waals surface area contributed by atoms with E-state index in [0.29, 0.717) is 37.8 Å². The molecule has 1 saturated heterocycles. The molecular weight excluding hydrogens is 356 g/mol. The van der Waals surface area contributed by atoms with E-state index in [1.54, 1.807) is 0 Å². The van der Waals surface area contributed by atoms with Gasteiger partial charge in [-0.15, -0.1) is 0 Å². The van der Waals surface area contributed by atoms with Gasteiger partial charge in [-0.3, -0.25) is 9.69 Å². The van der Waals surface area contributed by atoms with Gasteiger partial charge in [0.15, 0.2) is 11.5 Å². The average Bonchev–Trinajstić information content (AvgIpc) is 3.17. The lowest BCUT2D eigenvalue weighted by Gasteiger charge is -2.26. The van der Waals surface area contributed by atoms with Crippen LogP contribution in [0.3, 0.4) is 0 Å². The Hall–Kier alpha value is -2.73. The topological polar surface area (TPSA) is 60.0 Å². The molecule has 0 radical (unpaired) electrons. The van der Waals surface area contributed by atoms with Crippen LogP contribution in [0.5, 0.6) is 17.2 Å². The highest BCUT2D eigenvalue weighted by atomic mass is 16.6. The zero-order valence-corrected chi connectivity index (χ0v) is 16.1. The number of nitrogens with zero attached hydrogens (tertiary/aromatic N) is 1. The lowest BCUT2D eigenvalue weighted by molar-refractivity contribution is -0.117. The lowest BCUT2D eigenvalue weighted by Crippen LogP contribution is -2.33.